The number of benzene rings is 1. The van der Waals surface area contributed by atoms with Gasteiger partial charge in [-0.1, -0.05) is 18.2 Å². The number of ether oxygens (including phenoxy) is 1. The summed E-state index contributed by atoms with van der Waals surface area (Å²) in [5.74, 6) is -2.23. The summed E-state index contributed by atoms with van der Waals surface area (Å²) in [6.45, 7) is 7.28. The Bertz CT molecular complexity index is 968. The third-order valence-electron chi connectivity index (χ3n) is 4.85. The number of amides is 2. The molecular formula is C18H14N4O4S. The van der Waals surface area contributed by atoms with E-state index in [1.165, 1.54) is 11.3 Å². The molecule has 0 bridgehead atoms. The lowest BCUT2D eigenvalue weighted by molar-refractivity contribution is -0.161. The molecule has 1 aromatic heterocycles. The van der Waals surface area contributed by atoms with Gasteiger partial charge in [0, 0.05) is 23.8 Å². The second kappa shape index (κ2) is 6.48. The summed E-state index contributed by atoms with van der Waals surface area (Å²) in [5.41, 5.74) is 0.402. The van der Waals surface area contributed by atoms with Crippen molar-refractivity contribution in [3.8, 4) is 0 Å². The number of likely N-dealkylation sites (tertiary alicyclic amines) is 1. The van der Waals surface area contributed by atoms with Gasteiger partial charge in [0.15, 0.2) is 0 Å². The summed E-state index contributed by atoms with van der Waals surface area (Å²) in [6.07, 6.45) is 0.817. The largest absolute Gasteiger partial charge is 0.451 e. The number of hydrogen-bond donors (Lipinski definition) is 1. The average Bonchev–Trinajstić information content (AvgIpc) is 3.39. The predicted molar refractivity (Wildman–Crippen MR) is 95.4 cm³/mol. The molecule has 1 N–H and O–H groups in total. The lowest BCUT2D eigenvalue weighted by atomic mass is 9.80. The molecule has 9 heteroatoms. The smallest absolute Gasteiger partial charge is 0.397 e. The fourth-order valence-corrected chi connectivity index (χ4v) is 4.10. The van der Waals surface area contributed by atoms with Crippen LogP contribution in [0.25, 0.3) is 4.85 Å². The van der Waals surface area contributed by atoms with E-state index in [0.29, 0.717) is 10.7 Å². The number of anilines is 1. The number of nitrogens with one attached hydrogen (secondary N) is 1. The molecule has 1 spiro atoms. The number of carbonyl (C=O) groups excluding carboxylic acids is 3. The molecule has 0 radical (unpaired) electrons. The maximum Gasteiger partial charge on any atom is 0.397 e. The molecule has 1 saturated heterocycles. The highest BCUT2D eigenvalue weighted by molar-refractivity contribution is 7.09. The molecule has 1 fully saturated rings. The minimum absolute atomic E-state index is 0.0337. The van der Waals surface area contributed by atoms with Crippen molar-refractivity contribution in [2.75, 3.05) is 11.9 Å². The van der Waals surface area contributed by atoms with E-state index >= 15 is 0 Å². The quantitative estimate of drug-likeness (QED) is 0.483. The van der Waals surface area contributed by atoms with Gasteiger partial charge >= 0.3 is 18.0 Å². The Morgan fingerprint density at radius 2 is 2.26 bits per heavy atom. The van der Waals surface area contributed by atoms with Crippen LogP contribution in [-0.2, 0) is 31.1 Å². The fourth-order valence-electron chi connectivity index (χ4n) is 3.57. The van der Waals surface area contributed by atoms with Gasteiger partial charge in [-0.3, -0.25) is 19.3 Å². The van der Waals surface area contributed by atoms with Crippen LogP contribution in [0.2, 0.25) is 0 Å². The third kappa shape index (κ3) is 2.74. The van der Waals surface area contributed by atoms with Gasteiger partial charge in [0.05, 0.1) is 6.42 Å². The highest BCUT2D eigenvalue weighted by atomic mass is 32.1. The van der Waals surface area contributed by atoms with Gasteiger partial charge < -0.3 is 10.1 Å². The summed E-state index contributed by atoms with van der Waals surface area (Å²) in [4.78, 5) is 46.0. The van der Waals surface area contributed by atoms with Gasteiger partial charge in [0.1, 0.15) is 17.0 Å². The summed E-state index contributed by atoms with van der Waals surface area (Å²) in [5, 5.41) is 5.11. The van der Waals surface area contributed by atoms with Gasteiger partial charge in [-0.25, -0.2) is 16.4 Å². The maximum absolute atomic E-state index is 12.7. The minimum atomic E-state index is -1.05. The molecule has 27 heavy (non-hydrogen) atoms. The number of thiazole rings is 1. The summed E-state index contributed by atoms with van der Waals surface area (Å²) < 4.78 is 5.02. The third-order valence-corrected chi connectivity index (χ3v) is 5.60. The molecule has 8 nitrogen and oxygen atoms in total. The van der Waals surface area contributed by atoms with Crippen molar-refractivity contribution in [1.82, 2.24) is 9.88 Å². The van der Waals surface area contributed by atoms with E-state index in [0.717, 1.165) is 10.5 Å². The van der Waals surface area contributed by atoms with E-state index in [9.17, 15) is 14.4 Å². The van der Waals surface area contributed by atoms with Crippen molar-refractivity contribution < 1.29 is 19.1 Å². The number of carbonyl (C=O) groups is 3. The molecule has 1 aromatic carbocycles. The number of nitrogens with zero attached hydrogens (tertiary/aromatic N) is 3. The summed E-state index contributed by atoms with van der Waals surface area (Å²) in [6, 6.07) is 7.20. The van der Waals surface area contributed by atoms with Crippen LogP contribution in [-0.4, -0.2) is 40.4 Å². The van der Waals surface area contributed by atoms with Crippen molar-refractivity contribution in [2.45, 2.75) is 24.6 Å². The van der Waals surface area contributed by atoms with E-state index in [1.54, 1.807) is 29.8 Å². The van der Waals surface area contributed by atoms with Crippen LogP contribution in [0.5, 0.6) is 0 Å². The Hall–Kier alpha value is -3.25. The molecule has 2 atom stereocenters. The highest BCUT2D eigenvalue weighted by Gasteiger charge is 2.59. The first-order chi connectivity index (χ1) is 13.0. The summed E-state index contributed by atoms with van der Waals surface area (Å²) in [7, 11) is 0. The van der Waals surface area contributed by atoms with Crippen LogP contribution in [0.3, 0.4) is 0 Å². The number of rotatable bonds is 2. The summed E-state index contributed by atoms with van der Waals surface area (Å²) >= 11 is 1.31. The molecule has 2 amide bonds. The van der Waals surface area contributed by atoms with Crippen LogP contribution in [0.4, 0.5) is 5.69 Å². The zero-order chi connectivity index (χ0) is 19.0. The van der Waals surface area contributed by atoms with Gasteiger partial charge in [-0.2, -0.15) is 0 Å². The monoisotopic (exact) mass is 382 g/mol. The van der Waals surface area contributed by atoms with E-state index < -0.39 is 23.5 Å². The number of para-hydroxylation sites is 1. The first kappa shape index (κ1) is 17.2. The fraction of sp³-hybridized carbons (Fsp3) is 0.278. The second-order valence-corrected chi connectivity index (χ2v) is 7.31. The maximum atomic E-state index is 12.7. The topological polar surface area (TPSA) is 93.0 Å². The van der Waals surface area contributed by atoms with E-state index in [4.69, 9.17) is 11.3 Å². The Labute approximate surface area is 158 Å². The lowest BCUT2D eigenvalue weighted by Crippen LogP contribution is -2.43. The molecule has 136 valence electrons. The Morgan fingerprint density at radius 1 is 1.44 bits per heavy atom. The molecular weight excluding hydrogens is 368 g/mol. The van der Waals surface area contributed by atoms with Crippen molar-refractivity contribution in [1.29, 1.82) is 0 Å². The number of hydrogen-bond acceptors (Lipinski definition) is 6. The van der Waals surface area contributed by atoms with Crippen LogP contribution >= 0.6 is 11.3 Å². The average molecular weight is 382 g/mol. The van der Waals surface area contributed by atoms with Crippen LogP contribution in [0.15, 0.2) is 35.8 Å². The SMILES string of the molecule is [C-]#[N+][C@@H]1C[C@@]2(CN1C(=O)C(=O)OCc1nccs1)C(=O)Nc1ccccc12. The zero-order valence-electron chi connectivity index (χ0n) is 14.0. The van der Waals surface area contributed by atoms with Crippen molar-refractivity contribution in [3.63, 3.8) is 0 Å². The molecule has 3 heterocycles. The zero-order valence-corrected chi connectivity index (χ0v) is 14.9. The number of fused-ring (bicyclic) bond motifs is 2. The van der Waals surface area contributed by atoms with Crippen molar-refractivity contribution >= 4 is 34.8 Å². The van der Waals surface area contributed by atoms with Gasteiger partial charge in [-0.05, 0) is 11.6 Å². The Morgan fingerprint density at radius 3 is 3.00 bits per heavy atom. The Kier molecular flexibility index (Phi) is 4.12. The molecule has 2 aliphatic heterocycles. The van der Waals surface area contributed by atoms with Crippen molar-refractivity contribution in [3.05, 3.63) is 57.8 Å². The lowest BCUT2D eigenvalue weighted by Gasteiger charge is -2.20. The predicted octanol–water partition coefficient (Wildman–Crippen LogP) is 1.55. The van der Waals surface area contributed by atoms with Crippen LogP contribution in [0, 0.1) is 6.57 Å². The van der Waals surface area contributed by atoms with Gasteiger partial charge in [0.2, 0.25) is 5.91 Å². The number of aromatic nitrogens is 1. The molecule has 2 aliphatic rings. The van der Waals surface area contributed by atoms with Gasteiger partial charge in [0.25, 0.3) is 0 Å². The highest BCUT2D eigenvalue weighted by Crippen LogP contribution is 2.46. The molecule has 0 saturated carbocycles. The van der Waals surface area contributed by atoms with E-state index in [2.05, 4.69) is 15.1 Å². The molecule has 0 aliphatic carbocycles. The van der Waals surface area contributed by atoms with Crippen molar-refractivity contribution in [2.24, 2.45) is 0 Å². The molecule has 4 rings (SSSR count). The number of esters is 1. The Balaban J connectivity index is 1.55. The van der Waals surface area contributed by atoms with Crippen LogP contribution in [0.1, 0.15) is 17.0 Å². The van der Waals surface area contributed by atoms with Gasteiger partial charge in [-0.15, -0.1) is 11.3 Å². The molecule has 0 unspecified atom stereocenters. The first-order valence-electron chi connectivity index (χ1n) is 8.19. The standard InChI is InChI=1S/C18H14N4O4S/c1-19-13-8-18(11-4-2-3-5-12(11)21-17(18)25)10-22(13)15(23)16(24)26-9-14-20-6-7-27-14/h2-7,13H,8-10H2,(H,21,25)/t13-,18-/m0/s1. The van der Waals surface area contributed by atoms with Crippen LogP contribution < -0.4 is 5.32 Å². The second-order valence-electron chi connectivity index (χ2n) is 6.33. The van der Waals surface area contributed by atoms with E-state index in [1.807, 2.05) is 6.07 Å². The van der Waals surface area contributed by atoms with E-state index in [-0.39, 0.29) is 25.5 Å². The first-order valence-corrected chi connectivity index (χ1v) is 9.07. The molecule has 2 aromatic rings. The minimum Gasteiger partial charge on any atom is -0.451 e. The normalized spacial score (nSPS) is 23.0.